The van der Waals surface area contributed by atoms with E-state index < -0.39 is 21.8 Å². The number of sulfonamides is 1. The van der Waals surface area contributed by atoms with E-state index in [1.807, 2.05) is 0 Å². The molecule has 0 aliphatic carbocycles. The molecule has 1 aromatic carbocycles. The van der Waals surface area contributed by atoms with E-state index in [0.29, 0.717) is 31.5 Å². The summed E-state index contributed by atoms with van der Waals surface area (Å²) in [6, 6.07) is 5.31. The minimum absolute atomic E-state index is 0.195. The highest BCUT2D eigenvalue weighted by molar-refractivity contribution is 7.88. The van der Waals surface area contributed by atoms with Gasteiger partial charge in [-0.15, -0.1) is 0 Å². The van der Waals surface area contributed by atoms with Crippen LogP contribution in [-0.2, 0) is 27.4 Å². The number of benzene rings is 1. The van der Waals surface area contributed by atoms with E-state index in [4.69, 9.17) is 0 Å². The highest BCUT2D eigenvalue weighted by atomic mass is 32.2. The zero-order valence-corrected chi connectivity index (χ0v) is 15.4. The highest BCUT2D eigenvalue weighted by Crippen LogP contribution is 2.30. The van der Waals surface area contributed by atoms with Crippen LogP contribution in [0.1, 0.15) is 30.4 Å². The zero-order valence-electron chi connectivity index (χ0n) is 14.6. The molecule has 1 atom stereocenters. The van der Waals surface area contributed by atoms with Crippen LogP contribution in [0, 0.1) is 5.92 Å². The van der Waals surface area contributed by atoms with Crippen molar-refractivity contribution in [3.8, 4) is 0 Å². The minimum atomic E-state index is -4.35. The maximum atomic E-state index is 12.8. The van der Waals surface area contributed by atoms with Crippen LogP contribution in [0.3, 0.4) is 0 Å². The Morgan fingerprint density at radius 3 is 2.73 bits per heavy atom. The molecule has 1 aliphatic heterocycles. The van der Waals surface area contributed by atoms with Gasteiger partial charge >= 0.3 is 6.18 Å². The molecular weight excluding hydrogens is 369 g/mol. The number of nitrogens with one attached hydrogen (secondary N) is 1. The van der Waals surface area contributed by atoms with E-state index in [9.17, 15) is 26.4 Å². The SMILES string of the molecule is CS(=O)(=O)NCC(=O)N1CCC[C@@H](CCc2cccc(C(F)(F)F)c2)C1. The molecule has 1 aromatic rings. The molecule has 1 N–H and O–H groups in total. The summed E-state index contributed by atoms with van der Waals surface area (Å²) >= 11 is 0. The van der Waals surface area contributed by atoms with E-state index in [-0.39, 0.29) is 18.4 Å². The van der Waals surface area contributed by atoms with Gasteiger partial charge in [0, 0.05) is 13.1 Å². The Hall–Kier alpha value is -1.61. The van der Waals surface area contributed by atoms with E-state index >= 15 is 0 Å². The second-order valence-corrected chi connectivity index (χ2v) is 8.51. The summed E-state index contributed by atoms with van der Waals surface area (Å²) in [5.74, 6) is -0.0836. The van der Waals surface area contributed by atoms with Gasteiger partial charge in [0.15, 0.2) is 0 Å². The Balaban J connectivity index is 1.87. The van der Waals surface area contributed by atoms with Crippen molar-refractivity contribution in [2.45, 2.75) is 31.9 Å². The first-order valence-electron chi connectivity index (χ1n) is 8.43. The maximum Gasteiger partial charge on any atom is 0.416 e. The largest absolute Gasteiger partial charge is 0.416 e. The molecule has 5 nitrogen and oxygen atoms in total. The molecule has 1 amide bonds. The molecule has 0 unspecified atom stereocenters. The standard InChI is InChI=1S/C17H23F3N2O3S/c1-26(24,25)21-11-16(23)22-9-3-5-14(12-22)8-7-13-4-2-6-15(10-13)17(18,19)20/h2,4,6,10,14,21H,3,5,7-9,11-12H2,1H3/t14-/m0/s1. The summed E-state index contributed by atoms with van der Waals surface area (Å²) in [5, 5.41) is 0. The van der Waals surface area contributed by atoms with Gasteiger partial charge in [0.05, 0.1) is 18.4 Å². The molecular formula is C17H23F3N2O3S. The molecule has 0 bridgehead atoms. The third-order valence-corrected chi connectivity index (χ3v) is 5.12. The van der Waals surface area contributed by atoms with Crippen molar-refractivity contribution < 1.29 is 26.4 Å². The lowest BCUT2D eigenvalue weighted by Gasteiger charge is -2.33. The number of halogens is 3. The van der Waals surface area contributed by atoms with Crippen LogP contribution in [0.25, 0.3) is 0 Å². The number of piperidine rings is 1. The second kappa shape index (κ2) is 8.39. The van der Waals surface area contributed by atoms with Gasteiger partial charge in [-0.2, -0.15) is 13.2 Å². The molecule has 1 heterocycles. The molecule has 26 heavy (non-hydrogen) atoms. The molecule has 146 valence electrons. The van der Waals surface area contributed by atoms with Crippen LogP contribution in [0.2, 0.25) is 0 Å². The smallest absolute Gasteiger partial charge is 0.341 e. The van der Waals surface area contributed by atoms with Crippen molar-refractivity contribution in [1.82, 2.24) is 9.62 Å². The number of alkyl halides is 3. The summed E-state index contributed by atoms with van der Waals surface area (Å²) in [6.45, 7) is 0.812. The zero-order chi connectivity index (χ0) is 19.4. The Labute approximate surface area is 151 Å². The Bertz CT molecular complexity index is 735. The van der Waals surface area contributed by atoms with Crippen molar-refractivity contribution in [1.29, 1.82) is 0 Å². The van der Waals surface area contributed by atoms with Crippen LogP contribution in [-0.4, -0.2) is 45.1 Å². The molecule has 1 aliphatic rings. The normalized spacial score (nSPS) is 18.8. The molecule has 0 aromatic heterocycles. The van der Waals surface area contributed by atoms with Gasteiger partial charge in [-0.25, -0.2) is 13.1 Å². The Kier molecular flexibility index (Phi) is 6.68. The van der Waals surface area contributed by atoms with Crippen LogP contribution in [0.15, 0.2) is 24.3 Å². The second-order valence-electron chi connectivity index (χ2n) is 6.68. The summed E-state index contributed by atoms with van der Waals surface area (Å²) < 4.78 is 62.6. The predicted molar refractivity (Wildman–Crippen MR) is 91.9 cm³/mol. The number of carbonyl (C=O) groups is 1. The van der Waals surface area contributed by atoms with E-state index in [2.05, 4.69) is 4.72 Å². The monoisotopic (exact) mass is 392 g/mol. The van der Waals surface area contributed by atoms with Gasteiger partial charge in [0.2, 0.25) is 15.9 Å². The molecule has 2 rings (SSSR count). The van der Waals surface area contributed by atoms with Crippen LogP contribution in [0.4, 0.5) is 13.2 Å². The number of aryl methyl sites for hydroxylation is 1. The van der Waals surface area contributed by atoms with E-state index in [0.717, 1.165) is 25.2 Å². The number of rotatable bonds is 6. The summed E-state index contributed by atoms with van der Waals surface area (Å²) in [5.41, 5.74) is -0.0238. The predicted octanol–water partition coefficient (Wildman–Crippen LogP) is 2.43. The van der Waals surface area contributed by atoms with Crippen molar-refractivity contribution in [2.24, 2.45) is 5.92 Å². The first kappa shape index (κ1) is 20.7. The van der Waals surface area contributed by atoms with Gasteiger partial charge in [0.25, 0.3) is 0 Å². The van der Waals surface area contributed by atoms with E-state index in [1.54, 1.807) is 11.0 Å². The first-order valence-corrected chi connectivity index (χ1v) is 10.3. The van der Waals surface area contributed by atoms with Crippen LogP contribution < -0.4 is 4.72 Å². The van der Waals surface area contributed by atoms with Gasteiger partial charge in [0.1, 0.15) is 0 Å². The highest BCUT2D eigenvalue weighted by Gasteiger charge is 2.30. The number of hydrogen-bond acceptors (Lipinski definition) is 3. The van der Waals surface area contributed by atoms with Crippen molar-refractivity contribution in [3.05, 3.63) is 35.4 Å². The minimum Gasteiger partial charge on any atom is -0.341 e. The number of nitrogens with zero attached hydrogens (tertiary/aromatic N) is 1. The molecule has 0 saturated carbocycles. The van der Waals surface area contributed by atoms with Gasteiger partial charge < -0.3 is 4.90 Å². The van der Waals surface area contributed by atoms with Crippen molar-refractivity contribution in [2.75, 3.05) is 25.9 Å². The van der Waals surface area contributed by atoms with Gasteiger partial charge in [-0.05, 0) is 43.2 Å². The van der Waals surface area contributed by atoms with E-state index in [1.165, 1.54) is 12.1 Å². The van der Waals surface area contributed by atoms with Crippen LogP contribution in [0.5, 0.6) is 0 Å². The van der Waals surface area contributed by atoms with Crippen LogP contribution >= 0.6 is 0 Å². The quantitative estimate of drug-likeness (QED) is 0.809. The third kappa shape index (κ3) is 6.60. The average molecular weight is 392 g/mol. The van der Waals surface area contributed by atoms with Gasteiger partial charge in [-0.3, -0.25) is 4.79 Å². The fourth-order valence-electron chi connectivity index (χ4n) is 3.11. The third-order valence-electron chi connectivity index (χ3n) is 4.45. The topological polar surface area (TPSA) is 66.5 Å². The number of carbonyl (C=O) groups excluding carboxylic acids is 1. The van der Waals surface area contributed by atoms with Crippen molar-refractivity contribution >= 4 is 15.9 Å². The molecule has 1 fully saturated rings. The van der Waals surface area contributed by atoms with Gasteiger partial charge in [-0.1, -0.05) is 18.2 Å². The molecule has 9 heteroatoms. The number of likely N-dealkylation sites (tertiary alicyclic amines) is 1. The lowest BCUT2D eigenvalue weighted by Crippen LogP contribution is -2.44. The molecule has 1 saturated heterocycles. The fraction of sp³-hybridized carbons (Fsp3) is 0.588. The Morgan fingerprint density at radius 1 is 1.35 bits per heavy atom. The fourth-order valence-corrected chi connectivity index (χ4v) is 3.49. The lowest BCUT2D eigenvalue weighted by molar-refractivity contribution is -0.137. The number of hydrogen-bond donors (Lipinski definition) is 1. The first-order chi connectivity index (χ1) is 12.0. The summed E-state index contributed by atoms with van der Waals surface area (Å²) in [4.78, 5) is 13.7. The molecule has 0 spiro atoms. The van der Waals surface area contributed by atoms with Crippen molar-refractivity contribution in [3.63, 3.8) is 0 Å². The number of amides is 1. The summed E-state index contributed by atoms with van der Waals surface area (Å²) in [6.07, 6.45) is -0.450. The Morgan fingerprint density at radius 2 is 2.08 bits per heavy atom. The summed E-state index contributed by atoms with van der Waals surface area (Å²) in [7, 11) is -3.42. The lowest BCUT2D eigenvalue weighted by atomic mass is 9.91. The molecule has 0 radical (unpaired) electrons. The maximum absolute atomic E-state index is 12.8. The average Bonchev–Trinajstić information content (AvgIpc) is 2.57.